The maximum absolute atomic E-state index is 14.2. The Kier molecular flexibility index (Phi) is 3.11. The molecule has 0 aromatic carbocycles. The number of carboxylic acid groups (broad SMARTS) is 1. The van der Waals surface area contributed by atoms with Crippen LogP contribution in [0.1, 0.15) is 31.7 Å². The van der Waals surface area contributed by atoms with Gasteiger partial charge in [-0.15, -0.1) is 0 Å². The second kappa shape index (κ2) is 4.91. The Morgan fingerprint density at radius 2 is 2.00 bits per heavy atom. The summed E-state index contributed by atoms with van der Waals surface area (Å²) < 4.78 is 15.9. The first-order chi connectivity index (χ1) is 10.6. The lowest BCUT2D eigenvalue weighted by Crippen LogP contribution is -2.44. The second-order valence-electron chi connectivity index (χ2n) is 6.29. The molecule has 5 nitrogen and oxygen atoms in total. The van der Waals surface area contributed by atoms with Gasteiger partial charge in [-0.25, -0.2) is 9.37 Å². The molecule has 1 N–H and O–H groups in total. The quantitative estimate of drug-likeness (QED) is 0.861. The van der Waals surface area contributed by atoms with E-state index in [-0.39, 0.29) is 28.5 Å². The normalized spacial score (nSPS) is 30.8. The summed E-state index contributed by atoms with van der Waals surface area (Å²) in [4.78, 5) is 19.7. The third kappa shape index (κ3) is 1.93. The molecule has 0 unspecified atom stereocenters. The van der Waals surface area contributed by atoms with Crippen LogP contribution in [0.25, 0.3) is 11.0 Å². The molecule has 0 amide bonds. The molecule has 5 rings (SSSR count). The zero-order valence-electron chi connectivity index (χ0n) is 11.7. The van der Waals surface area contributed by atoms with Crippen molar-refractivity contribution >= 4 is 28.6 Å². The first kappa shape index (κ1) is 13.9. The van der Waals surface area contributed by atoms with Crippen LogP contribution in [0.2, 0.25) is 5.28 Å². The summed E-state index contributed by atoms with van der Waals surface area (Å²) in [6.07, 6.45) is 6.56. The topological polar surface area (TPSA) is 68.0 Å². The van der Waals surface area contributed by atoms with Crippen molar-refractivity contribution in [3.63, 3.8) is 0 Å². The van der Waals surface area contributed by atoms with Crippen LogP contribution in [0, 0.1) is 23.6 Å². The summed E-state index contributed by atoms with van der Waals surface area (Å²) in [5.74, 6) is -1.32. The predicted octanol–water partition coefficient (Wildman–Crippen LogP) is 3.29. The van der Waals surface area contributed by atoms with E-state index in [0.717, 1.165) is 25.7 Å². The predicted molar refractivity (Wildman–Crippen MR) is 78.1 cm³/mol. The number of halogens is 2. The lowest BCUT2D eigenvalue weighted by atomic mass is 9.61. The average Bonchev–Trinajstić information content (AvgIpc) is 2.83. The molecule has 0 aliphatic heterocycles. The Hall–Kier alpha value is -1.69. The van der Waals surface area contributed by atoms with Gasteiger partial charge in [0, 0.05) is 12.4 Å². The van der Waals surface area contributed by atoms with E-state index in [2.05, 4.69) is 9.97 Å². The minimum Gasteiger partial charge on any atom is -0.481 e. The number of nitrogens with zero attached hydrogens (tertiary/aromatic N) is 3. The zero-order valence-corrected chi connectivity index (χ0v) is 12.5. The van der Waals surface area contributed by atoms with Gasteiger partial charge >= 0.3 is 5.97 Å². The number of carbonyl (C=O) groups is 1. The molecule has 7 heteroatoms. The summed E-state index contributed by atoms with van der Waals surface area (Å²) >= 11 is 5.84. The van der Waals surface area contributed by atoms with E-state index in [1.54, 1.807) is 4.57 Å². The van der Waals surface area contributed by atoms with Gasteiger partial charge in [0.15, 0.2) is 5.82 Å². The highest BCUT2D eigenvalue weighted by Crippen LogP contribution is 2.52. The number of hydrogen-bond acceptors (Lipinski definition) is 3. The van der Waals surface area contributed by atoms with E-state index in [1.807, 2.05) is 0 Å². The third-order valence-corrected chi connectivity index (χ3v) is 5.46. The number of aromatic nitrogens is 3. The minimum absolute atomic E-state index is 0.0414. The van der Waals surface area contributed by atoms with Crippen LogP contribution in [0.15, 0.2) is 12.4 Å². The van der Waals surface area contributed by atoms with Crippen molar-refractivity contribution in [1.29, 1.82) is 0 Å². The minimum atomic E-state index is -0.804. The molecule has 0 radical (unpaired) electrons. The number of rotatable bonds is 2. The monoisotopic (exact) mass is 323 g/mol. The molecule has 2 aromatic heterocycles. The third-order valence-electron chi connectivity index (χ3n) is 5.28. The van der Waals surface area contributed by atoms with Crippen LogP contribution < -0.4 is 0 Å². The largest absolute Gasteiger partial charge is 0.481 e. The van der Waals surface area contributed by atoms with E-state index in [4.69, 9.17) is 11.6 Å². The van der Waals surface area contributed by atoms with E-state index in [1.165, 1.54) is 12.4 Å². The smallest absolute Gasteiger partial charge is 0.308 e. The van der Waals surface area contributed by atoms with E-state index < -0.39 is 17.7 Å². The van der Waals surface area contributed by atoms with Crippen molar-refractivity contribution in [1.82, 2.24) is 14.5 Å². The molecule has 0 saturated heterocycles. The van der Waals surface area contributed by atoms with Gasteiger partial charge in [0.05, 0.1) is 17.3 Å². The molecule has 2 bridgehead atoms. The van der Waals surface area contributed by atoms with Gasteiger partial charge in [0.2, 0.25) is 5.28 Å². The molecule has 2 heterocycles. The van der Waals surface area contributed by atoms with Gasteiger partial charge in [-0.2, -0.15) is 4.98 Å². The summed E-state index contributed by atoms with van der Waals surface area (Å²) in [6, 6.07) is -0.261. The number of fused-ring (bicyclic) bond motifs is 4. The molecule has 3 aliphatic rings. The summed E-state index contributed by atoms with van der Waals surface area (Å²) in [5.41, 5.74) is 0.390. The van der Waals surface area contributed by atoms with E-state index in [9.17, 15) is 14.3 Å². The SMILES string of the molecule is O=C(O)[C@H]1C2CCC(CC2)[C@@H]1n1cc(F)c2cnc(Cl)nc21. The summed E-state index contributed by atoms with van der Waals surface area (Å²) in [7, 11) is 0. The van der Waals surface area contributed by atoms with Crippen LogP contribution in [-0.4, -0.2) is 25.6 Å². The molecule has 0 spiro atoms. The highest BCUT2D eigenvalue weighted by atomic mass is 35.5. The van der Waals surface area contributed by atoms with Crippen molar-refractivity contribution < 1.29 is 14.3 Å². The molecule has 2 aromatic rings. The fraction of sp³-hybridized carbons (Fsp3) is 0.533. The number of carboxylic acids is 1. The maximum Gasteiger partial charge on any atom is 0.308 e. The van der Waals surface area contributed by atoms with Gasteiger partial charge < -0.3 is 9.67 Å². The van der Waals surface area contributed by atoms with Gasteiger partial charge in [-0.3, -0.25) is 4.79 Å². The molecular weight excluding hydrogens is 309 g/mol. The highest BCUT2D eigenvalue weighted by molar-refractivity contribution is 6.28. The van der Waals surface area contributed by atoms with E-state index in [0.29, 0.717) is 5.65 Å². The second-order valence-corrected chi connectivity index (χ2v) is 6.63. The van der Waals surface area contributed by atoms with Gasteiger partial charge in [0.25, 0.3) is 0 Å². The number of aliphatic carboxylic acids is 1. The maximum atomic E-state index is 14.2. The Morgan fingerprint density at radius 3 is 2.68 bits per heavy atom. The van der Waals surface area contributed by atoms with E-state index >= 15 is 0 Å². The lowest BCUT2D eigenvalue weighted by Gasteiger charge is -2.47. The first-order valence-electron chi connectivity index (χ1n) is 7.47. The summed E-state index contributed by atoms with van der Waals surface area (Å²) in [6.45, 7) is 0. The van der Waals surface area contributed by atoms with Crippen molar-refractivity contribution in [2.75, 3.05) is 0 Å². The Morgan fingerprint density at radius 1 is 1.32 bits per heavy atom. The van der Waals surface area contributed by atoms with Crippen molar-refractivity contribution in [2.24, 2.45) is 17.8 Å². The highest BCUT2D eigenvalue weighted by Gasteiger charge is 2.48. The van der Waals surface area contributed by atoms with Gasteiger partial charge in [-0.1, -0.05) is 0 Å². The van der Waals surface area contributed by atoms with Gasteiger partial charge in [-0.05, 0) is 49.1 Å². The Labute approximate surface area is 131 Å². The van der Waals surface area contributed by atoms with Crippen LogP contribution in [0.5, 0.6) is 0 Å². The van der Waals surface area contributed by atoms with Crippen LogP contribution in [-0.2, 0) is 4.79 Å². The van der Waals surface area contributed by atoms with Crippen LogP contribution in [0.4, 0.5) is 4.39 Å². The molecule has 3 aliphatic carbocycles. The molecule has 3 fully saturated rings. The van der Waals surface area contributed by atoms with Gasteiger partial charge in [0.1, 0.15) is 5.65 Å². The van der Waals surface area contributed by atoms with Crippen LogP contribution >= 0.6 is 11.6 Å². The average molecular weight is 324 g/mol. The Bertz CT molecular complexity index is 755. The summed E-state index contributed by atoms with van der Waals surface area (Å²) in [5, 5.41) is 9.99. The first-order valence-corrected chi connectivity index (χ1v) is 7.85. The zero-order chi connectivity index (χ0) is 15.4. The standard InChI is InChI=1S/C15H15ClFN3O2/c16-15-18-5-9-10(17)6-20(13(9)19-15)12-8-3-1-7(2-4-8)11(12)14(21)22/h5-8,11-12H,1-4H2,(H,21,22)/t7?,8?,11-,12-/m0/s1. The van der Waals surface area contributed by atoms with Crippen molar-refractivity contribution in [3.05, 3.63) is 23.5 Å². The van der Waals surface area contributed by atoms with Crippen molar-refractivity contribution in [3.8, 4) is 0 Å². The molecule has 3 saturated carbocycles. The lowest BCUT2D eigenvalue weighted by molar-refractivity contribution is -0.151. The fourth-order valence-electron chi connectivity index (χ4n) is 4.36. The molecule has 116 valence electrons. The molecular formula is C15H15ClFN3O2. The molecule has 22 heavy (non-hydrogen) atoms. The fourth-order valence-corrected chi connectivity index (χ4v) is 4.49. The molecule has 2 atom stereocenters. The number of hydrogen-bond donors (Lipinski definition) is 1. The Balaban J connectivity index is 1.89. The van der Waals surface area contributed by atoms with Crippen molar-refractivity contribution in [2.45, 2.75) is 31.7 Å². The van der Waals surface area contributed by atoms with Crippen LogP contribution in [0.3, 0.4) is 0 Å².